The summed E-state index contributed by atoms with van der Waals surface area (Å²) in [6.07, 6.45) is 4.91. The van der Waals surface area contributed by atoms with Gasteiger partial charge in [-0.1, -0.05) is 12.2 Å². The number of hydrogen-bond donors (Lipinski definition) is 2. The van der Waals surface area contributed by atoms with Crippen molar-refractivity contribution in [3.8, 4) is 0 Å². The molecule has 1 rings (SSSR count). The van der Waals surface area contributed by atoms with Crippen LogP contribution in [-0.4, -0.2) is 9.97 Å². The Balaban J connectivity index is 2.88. The normalized spacial score (nSPS) is 12.5. The maximum absolute atomic E-state index is 5.33. The highest BCUT2D eigenvalue weighted by molar-refractivity contribution is 5.15. The summed E-state index contributed by atoms with van der Waals surface area (Å²) in [5.74, 6) is 5.33. The van der Waals surface area contributed by atoms with E-state index in [2.05, 4.69) is 22.0 Å². The van der Waals surface area contributed by atoms with E-state index in [9.17, 15) is 0 Å². The van der Waals surface area contributed by atoms with E-state index in [0.29, 0.717) is 0 Å². The number of nitrogens with one attached hydrogen (secondary N) is 1. The molecule has 0 aromatic carbocycles. The van der Waals surface area contributed by atoms with Gasteiger partial charge in [0.25, 0.3) is 0 Å². The van der Waals surface area contributed by atoms with Gasteiger partial charge in [-0.3, -0.25) is 15.8 Å². The van der Waals surface area contributed by atoms with E-state index >= 15 is 0 Å². The second kappa shape index (κ2) is 3.94. The smallest absolute Gasteiger partial charge is 0.0851 e. The third-order valence-electron chi connectivity index (χ3n) is 1.54. The predicted molar refractivity (Wildman–Crippen MR) is 46.9 cm³/mol. The van der Waals surface area contributed by atoms with Gasteiger partial charge in [0.2, 0.25) is 0 Å². The molecule has 0 fully saturated rings. The molecular formula is C8H12N4. The van der Waals surface area contributed by atoms with Crippen LogP contribution in [0.3, 0.4) is 0 Å². The van der Waals surface area contributed by atoms with Crippen molar-refractivity contribution in [2.45, 2.75) is 13.0 Å². The van der Waals surface area contributed by atoms with Crippen LogP contribution in [0.15, 0.2) is 30.7 Å². The van der Waals surface area contributed by atoms with Crippen LogP contribution in [0.4, 0.5) is 0 Å². The van der Waals surface area contributed by atoms with Crippen LogP contribution in [0.1, 0.15) is 18.7 Å². The van der Waals surface area contributed by atoms with Crippen molar-refractivity contribution in [2.24, 2.45) is 5.84 Å². The highest BCUT2D eigenvalue weighted by Crippen LogP contribution is 2.14. The first-order valence-electron chi connectivity index (χ1n) is 3.63. The van der Waals surface area contributed by atoms with E-state index in [-0.39, 0.29) is 6.04 Å². The van der Waals surface area contributed by atoms with Crippen molar-refractivity contribution in [3.05, 3.63) is 36.4 Å². The summed E-state index contributed by atoms with van der Waals surface area (Å²) in [5, 5.41) is 0. The topological polar surface area (TPSA) is 63.8 Å². The highest BCUT2D eigenvalue weighted by Gasteiger charge is 2.10. The lowest BCUT2D eigenvalue weighted by atomic mass is 10.1. The van der Waals surface area contributed by atoms with E-state index < -0.39 is 0 Å². The molecule has 4 heteroatoms. The number of aromatic nitrogens is 2. The molecule has 1 aromatic rings. The van der Waals surface area contributed by atoms with Gasteiger partial charge in [0.15, 0.2) is 0 Å². The molecule has 0 aliphatic carbocycles. The maximum atomic E-state index is 5.33. The van der Waals surface area contributed by atoms with Crippen molar-refractivity contribution in [3.63, 3.8) is 0 Å². The average Bonchev–Trinajstić information content (AvgIpc) is 2.07. The van der Waals surface area contributed by atoms with E-state index in [0.717, 1.165) is 11.3 Å². The van der Waals surface area contributed by atoms with Crippen molar-refractivity contribution < 1.29 is 0 Å². The summed E-state index contributed by atoms with van der Waals surface area (Å²) in [5.41, 5.74) is 4.32. The van der Waals surface area contributed by atoms with Crippen molar-refractivity contribution in [2.75, 3.05) is 0 Å². The molecule has 0 bridgehead atoms. The summed E-state index contributed by atoms with van der Waals surface area (Å²) in [4.78, 5) is 8.04. The Morgan fingerprint density at radius 2 is 2.42 bits per heavy atom. The second-order valence-corrected chi connectivity index (χ2v) is 2.58. The van der Waals surface area contributed by atoms with Gasteiger partial charge in [-0.15, -0.1) is 0 Å². The molecule has 0 saturated heterocycles. The zero-order valence-electron chi connectivity index (χ0n) is 6.99. The molecule has 3 N–H and O–H groups in total. The van der Waals surface area contributed by atoms with Crippen LogP contribution < -0.4 is 11.3 Å². The first-order valence-corrected chi connectivity index (χ1v) is 3.63. The van der Waals surface area contributed by atoms with Gasteiger partial charge in [-0.25, -0.2) is 5.43 Å². The number of rotatable bonds is 3. The van der Waals surface area contributed by atoms with Gasteiger partial charge in [0.05, 0.1) is 17.9 Å². The number of nitrogens with zero attached hydrogens (tertiary/aromatic N) is 2. The molecule has 1 heterocycles. The molecule has 0 aliphatic rings. The summed E-state index contributed by atoms with van der Waals surface area (Å²) >= 11 is 0. The zero-order valence-corrected chi connectivity index (χ0v) is 6.99. The monoisotopic (exact) mass is 164 g/mol. The van der Waals surface area contributed by atoms with Crippen LogP contribution in [0.2, 0.25) is 0 Å². The Bertz CT molecular complexity index is 257. The van der Waals surface area contributed by atoms with E-state index in [1.165, 1.54) is 0 Å². The highest BCUT2D eigenvalue weighted by atomic mass is 15.2. The lowest BCUT2D eigenvalue weighted by Crippen LogP contribution is -2.29. The van der Waals surface area contributed by atoms with Crippen LogP contribution in [-0.2, 0) is 0 Å². The Morgan fingerprint density at radius 3 is 2.83 bits per heavy atom. The minimum Gasteiger partial charge on any atom is -0.271 e. The van der Waals surface area contributed by atoms with Crippen molar-refractivity contribution in [1.82, 2.24) is 15.4 Å². The number of nitrogens with two attached hydrogens (primary N) is 1. The van der Waals surface area contributed by atoms with Crippen LogP contribution in [0.25, 0.3) is 0 Å². The van der Waals surface area contributed by atoms with Crippen molar-refractivity contribution >= 4 is 0 Å². The largest absolute Gasteiger partial charge is 0.271 e. The quantitative estimate of drug-likeness (QED) is 0.389. The lowest BCUT2D eigenvalue weighted by Gasteiger charge is -2.13. The van der Waals surface area contributed by atoms with Crippen LogP contribution in [0, 0.1) is 0 Å². The number of hydrogen-bond acceptors (Lipinski definition) is 4. The van der Waals surface area contributed by atoms with Crippen LogP contribution in [0.5, 0.6) is 0 Å². The summed E-state index contributed by atoms with van der Waals surface area (Å²) in [6, 6.07) is -0.112. The maximum Gasteiger partial charge on any atom is 0.0851 e. The standard InChI is InChI=1S/C8H12N4/c1-6(2)8(12-9)7-5-10-3-4-11-7/h3-5,8,12H,1,9H2,2H3. The Hall–Kier alpha value is -1.26. The van der Waals surface area contributed by atoms with Crippen LogP contribution >= 0.6 is 0 Å². The van der Waals surface area contributed by atoms with Gasteiger partial charge in [-0.2, -0.15) is 0 Å². The molecular weight excluding hydrogens is 152 g/mol. The lowest BCUT2D eigenvalue weighted by molar-refractivity contribution is 0.608. The minimum atomic E-state index is -0.112. The molecule has 1 atom stereocenters. The van der Waals surface area contributed by atoms with Gasteiger partial charge in [0.1, 0.15) is 0 Å². The number of hydrazine groups is 1. The molecule has 64 valence electrons. The molecule has 4 nitrogen and oxygen atoms in total. The Labute approximate surface area is 71.5 Å². The molecule has 0 amide bonds. The fraction of sp³-hybridized carbons (Fsp3) is 0.250. The molecule has 0 spiro atoms. The third kappa shape index (κ3) is 1.87. The average molecular weight is 164 g/mol. The molecule has 1 unspecified atom stereocenters. The third-order valence-corrected chi connectivity index (χ3v) is 1.54. The Morgan fingerprint density at radius 1 is 1.67 bits per heavy atom. The summed E-state index contributed by atoms with van der Waals surface area (Å²) in [7, 11) is 0. The fourth-order valence-electron chi connectivity index (χ4n) is 0.940. The molecule has 12 heavy (non-hydrogen) atoms. The van der Waals surface area contributed by atoms with E-state index in [1.807, 2.05) is 6.92 Å². The van der Waals surface area contributed by atoms with Gasteiger partial charge >= 0.3 is 0 Å². The van der Waals surface area contributed by atoms with Gasteiger partial charge < -0.3 is 0 Å². The SMILES string of the molecule is C=C(C)C(NN)c1cnccn1. The van der Waals surface area contributed by atoms with Gasteiger partial charge in [-0.05, 0) is 6.92 Å². The summed E-state index contributed by atoms with van der Waals surface area (Å²) in [6.45, 7) is 5.68. The predicted octanol–water partition coefficient (Wildman–Crippen LogP) is 0.557. The zero-order chi connectivity index (χ0) is 8.97. The molecule has 0 radical (unpaired) electrons. The Kier molecular flexibility index (Phi) is 2.90. The van der Waals surface area contributed by atoms with Gasteiger partial charge in [0, 0.05) is 12.4 Å². The summed E-state index contributed by atoms with van der Waals surface area (Å²) < 4.78 is 0. The molecule has 0 saturated carbocycles. The van der Waals surface area contributed by atoms with Crippen molar-refractivity contribution in [1.29, 1.82) is 0 Å². The first kappa shape index (κ1) is 8.83. The minimum absolute atomic E-state index is 0.112. The van der Waals surface area contributed by atoms with E-state index in [1.54, 1.807) is 18.6 Å². The van der Waals surface area contributed by atoms with E-state index in [4.69, 9.17) is 5.84 Å². The second-order valence-electron chi connectivity index (χ2n) is 2.58. The molecule has 1 aromatic heterocycles. The molecule has 0 aliphatic heterocycles. The fourth-order valence-corrected chi connectivity index (χ4v) is 0.940. The first-order chi connectivity index (χ1) is 5.75.